The van der Waals surface area contributed by atoms with Crippen molar-refractivity contribution in [3.05, 3.63) is 46.1 Å². The van der Waals surface area contributed by atoms with E-state index in [0.717, 1.165) is 9.13 Å². The molecule has 0 spiro atoms. The predicted octanol–water partition coefficient (Wildman–Crippen LogP) is 2.82. The Bertz CT molecular complexity index is 566. The van der Waals surface area contributed by atoms with Crippen molar-refractivity contribution in [2.75, 3.05) is 6.54 Å². The molecule has 0 heterocycles. The molecule has 0 saturated carbocycles. The second kappa shape index (κ2) is 9.02. The van der Waals surface area contributed by atoms with Gasteiger partial charge in [-0.2, -0.15) is 0 Å². The molecule has 1 N–H and O–H groups in total. The topological polar surface area (TPSA) is 64.6 Å². The van der Waals surface area contributed by atoms with Gasteiger partial charge in [-0.1, -0.05) is 24.3 Å². The molecule has 0 fully saturated rings. The van der Waals surface area contributed by atoms with E-state index in [2.05, 4.69) is 34.5 Å². The Morgan fingerprint density at radius 1 is 1.35 bits per heavy atom. The average molecular weight is 431 g/mol. The number of carbonyl (C=O) groups excluding carboxylic acids is 2. The fourth-order valence-electron chi connectivity index (χ4n) is 1.65. The summed E-state index contributed by atoms with van der Waals surface area (Å²) in [5.41, 5.74) is 0.346. The van der Waals surface area contributed by atoms with Crippen molar-refractivity contribution >= 4 is 34.5 Å². The second-order valence-electron chi connectivity index (χ2n) is 5.88. The van der Waals surface area contributed by atoms with Crippen molar-refractivity contribution in [2.24, 2.45) is 0 Å². The van der Waals surface area contributed by atoms with E-state index in [1.54, 1.807) is 20.8 Å². The number of hydrogen-bond donors (Lipinski definition) is 1. The van der Waals surface area contributed by atoms with Crippen LogP contribution < -0.4 is 5.32 Å². The van der Waals surface area contributed by atoms with E-state index in [-0.39, 0.29) is 13.2 Å². The lowest BCUT2D eigenvalue weighted by Gasteiger charge is -2.22. The zero-order chi connectivity index (χ0) is 17.5. The number of rotatable bonds is 7. The largest absolute Gasteiger partial charge is 0.460 e. The summed E-state index contributed by atoms with van der Waals surface area (Å²) in [6.07, 6.45) is 1.40. The molecule has 1 aromatic rings. The maximum Gasteiger partial charge on any atom is 0.327 e. The lowest BCUT2D eigenvalue weighted by atomic mass is 10.2. The Balaban J connectivity index is 2.43. The second-order valence-corrected chi connectivity index (χ2v) is 7.04. The van der Waals surface area contributed by atoms with E-state index in [1.807, 2.05) is 24.3 Å². The molecule has 0 aliphatic carbocycles. The van der Waals surface area contributed by atoms with Crippen LogP contribution in [-0.2, 0) is 25.7 Å². The van der Waals surface area contributed by atoms with Crippen LogP contribution in [0.3, 0.4) is 0 Å². The number of carbonyl (C=O) groups is 2. The summed E-state index contributed by atoms with van der Waals surface area (Å²) in [5, 5.41) is 2.77. The Morgan fingerprint density at radius 2 is 2.00 bits per heavy atom. The standard InChI is InChI=1S/C17H22INO4/c1-5-14(16(21)23-17(2,3)4)19-10-15(20)22-11-12-8-6-7-9-13(12)18/h5-9,14,19H,1,10-11H2,2-4H3. The van der Waals surface area contributed by atoms with Crippen LogP contribution in [0.4, 0.5) is 0 Å². The highest BCUT2D eigenvalue weighted by atomic mass is 127. The van der Waals surface area contributed by atoms with Crippen LogP contribution in [0, 0.1) is 3.57 Å². The van der Waals surface area contributed by atoms with Crippen molar-refractivity contribution in [3.8, 4) is 0 Å². The SMILES string of the molecule is C=CC(NCC(=O)OCc1ccccc1I)C(=O)OC(C)(C)C. The number of esters is 2. The highest BCUT2D eigenvalue weighted by Gasteiger charge is 2.23. The molecule has 1 atom stereocenters. The van der Waals surface area contributed by atoms with Gasteiger partial charge in [0, 0.05) is 9.13 Å². The molecule has 126 valence electrons. The summed E-state index contributed by atoms with van der Waals surface area (Å²) in [6, 6.07) is 6.90. The van der Waals surface area contributed by atoms with Gasteiger partial charge in [-0.3, -0.25) is 10.1 Å². The molecule has 0 saturated heterocycles. The number of ether oxygens (including phenoxy) is 2. The third-order valence-electron chi connectivity index (χ3n) is 2.71. The number of benzene rings is 1. The molecule has 0 bridgehead atoms. The first-order chi connectivity index (χ1) is 10.7. The van der Waals surface area contributed by atoms with Gasteiger partial charge in [-0.15, -0.1) is 6.58 Å². The van der Waals surface area contributed by atoms with Crippen LogP contribution in [0.5, 0.6) is 0 Å². The third-order valence-corrected chi connectivity index (χ3v) is 3.76. The summed E-state index contributed by atoms with van der Waals surface area (Å²) in [6.45, 7) is 9.02. The molecular formula is C17H22INO4. The smallest absolute Gasteiger partial charge is 0.327 e. The van der Waals surface area contributed by atoms with Crippen LogP contribution >= 0.6 is 22.6 Å². The Morgan fingerprint density at radius 3 is 2.57 bits per heavy atom. The van der Waals surface area contributed by atoms with Crippen LogP contribution in [0.25, 0.3) is 0 Å². The Kier molecular flexibility index (Phi) is 7.70. The lowest BCUT2D eigenvalue weighted by molar-refractivity contribution is -0.156. The molecule has 1 aromatic carbocycles. The van der Waals surface area contributed by atoms with Crippen molar-refractivity contribution < 1.29 is 19.1 Å². The molecule has 0 radical (unpaired) electrons. The first kappa shape index (κ1) is 19.6. The minimum Gasteiger partial charge on any atom is -0.460 e. The summed E-state index contributed by atoms with van der Waals surface area (Å²) in [7, 11) is 0. The Hall–Kier alpha value is -1.41. The molecular weight excluding hydrogens is 409 g/mol. The zero-order valence-corrected chi connectivity index (χ0v) is 15.8. The fourth-order valence-corrected chi connectivity index (χ4v) is 2.19. The molecule has 1 rings (SSSR count). The van der Waals surface area contributed by atoms with Gasteiger partial charge in [-0.05, 0) is 49.4 Å². The maximum atomic E-state index is 11.9. The monoisotopic (exact) mass is 431 g/mol. The average Bonchev–Trinajstić information content (AvgIpc) is 2.45. The van der Waals surface area contributed by atoms with Crippen LogP contribution in [0.1, 0.15) is 26.3 Å². The molecule has 23 heavy (non-hydrogen) atoms. The zero-order valence-electron chi connectivity index (χ0n) is 13.6. The van der Waals surface area contributed by atoms with Crippen molar-refractivity contribution in [3.63, 3.8) is 0 Å². The molecule has 0 aliphatic rings. The van der Waals surface area contributed by atoms with Crippen LogP contribution in [0.15, 0.2) is 36.9 Å². The predicted molar refractivity (Wildman–Crippen MR) is 96.8 cm³/mol. The first-order valence-electron chi connectivity index (χ1n) is 7.21. The molecule has 6 heteroatoms. The van der Waals surface area contributed by atoms with Gasteiger partial charge >= 0.3 is 11.9 Å². The molecule has 0 amide bonds. The van der Waals surface area contributed by atoms with Crippen LogP contribution in [0.2, 0.25) is 0 Å². The molecule has 1 unspecified atom stereocenters. The normalized spacial score (nSPS) is 12.3. The minimum atomic E-state index is -0.751. The van der Waals surface area contributed by atoms with E-state index < -0.39 is 23.6 Å². The number of halogens is 1. The van der Waals surface area contributed by atoms with Crippen LogP contribution in [-0.4, -0.2) is 30.1 Å². The van der Waals surface area contributed by atoms with Gasteiger partial charge in [0.05, 0.1) is 6.54 Å². The van der Waals surface area contributed by atoms with E-state index in [4.69, 9.17) is 9.47 Å². The van der Waals surface area contributed by atoms with Crippen molar-refractivity contribution in [1.29, 1.82) is 0 Å². The number of hydrogen-bond acceptors (Lipinski definition) is 5. The summed E-state index contributed by atoms with van der Waals surface area (Å²) in [4.78, 5) is 23.7. The van der Waals surface area contributed by atoms with E-state index >= 15 is 0 Å². The fraction of sp³-hybridized carbons (Fsp3) is 0.412. The maximum absolute atomic E-state index is 11.9. The van der Waals surface area contributed by atoms with Gasteiger partial charge in [0.15, 0.2) is 0 Å². The first-order valence-corrected chi connectivity index (χ1v) is 8.28. The third kappa shape index (κ3) is 7.60. The highest BCUT2D eigenvalue weighted by Crippen LogP contribution is 2.12. The quantitative estimate of drug-likeness (QED) is 0.409. The summed E-state index contributed by atoms with van der Waals surface area (Å²) >= 11 is 2.18. The Labute approximate surface area is 150 Å². The highest BCUT2D eigenvalue weighted by molar-refractivity contribution is 14.1. The summed E-state index contributed by atoms with van der Waals surface area (Å²) < 4.78 is 11.5. The lowest BCUT2D eigenvalue weighted by Crippen LogP contribution is -2.42. The van der Waals surface area contributed by atoms with E-state index in [9.17, 15) is 9.59 Å². The molecule has 5 nitrogen and oxygen atoms in total. The number of nitrogens with one attached hydrogen (secondary N) is 1. The van der Waals surface area contributed by atoms with Gasteiger partial charge in [0.2, 0.25) is 0 Å². The van der Waals surface area contributed by atoms with E-state index in [1.165, 1.54) is 6.08 Å². The van der Waals surface area contributed by atoms with Gasteiger partial charge in [0.1, 0.15) is 18.2 Å². The van der Waals surface area contributed by atoms with Gasteiger partial charge < -0.3 is 9.47 Å². The van der Waals surface area contributed by atoms with Crippen molar-refractivity contribution in [1.82, 2.24) is 5.32 Å². The van der Waals surface area contributed by atoms with Gasteiger partial charge in [0.25, 0.3) is 0 Å². The van der Waals surface area contributed by atoms with E-state index in [0.29, 0.717) is 0 Å². The molecule has 0 aliphatic heterocycles. The summed E-state index contributed by atoms with van der Waals surface area (Å²) in [5.74, 6) is -0.919. The van der Waals surface area contributed by atoms with Gasteiger partial charge in [-0.25, -0.2) is 4.79 Å². The molecule has 0 aromatic heterocycles. The van der Waals surface area contributed by atoms with Crippen molar-refractivity contribution in [2.45, 2.75) is 39.0 Å². The minimum absolute atomic E-state index is 0.0979.